The number of nitrogens with one attached hydrogen (secondary N) is 1. The number of benzene rings is 1. The number of hydrogen-bond donors (Lipinski definition) is 2. The molecular formula is C11H16ClN2OS-. The minimum absolute atomic E-state index is 0. The lowest BCUT2D eigenvalue weighted by Gasteiger charge is -2.09. The normalized spacial score (nSPS) is 9.69. The zero-order valence-corrected chi connectivity index (χ0v) is 10.9. The predicted octanol–water partition coefficient (Wildman–Crippen LogP) is -0.396. The molecule has 0 aliphatic rings. The van der Waals surface area contributed by atoms with E-state index in [1.165, 1.54) is 11.8 Å². The fourth-order valence-corrected chi connectivity index (χ4v) is 1.61. The molecule has 5 heteroatoms. The van der Waals surface area contributed by atoms with Crippen LogP contribution in [-0.4, -0.2) is 11.3 Å². The van der Waals surface area contributed by atoms with Crippen molar-refractivity contribution in [2.24, 2.45) is 5.73 Å². The van der Waals surface area contributed by atoms with Crippen molar-refractivity contribution in [3.05, 3.63) is 29.8 Å². The van der Waals surface area contributed by atoms with Crippen molar-refractivity contribution in [2.45, 2.75) is 25.7 Å². The molecule has 0 aliphatic carbocycles. The first kappa shape index (κ1) is 15.1. The molecule has 3 nitrogen and oxygen atoms in total. The summed E-state index contributed by atoms with van der Waals surface area (Å²) in [6.07, 6.45) is 0.197. The third-order valence-corrected chi connectivity index (χ3v) is 2.48. The average molecular weight is 260 g/mol. The van der Waals surface area contributed by atoms with Gasteiger partial charge in [-0.3, -0.25) is 5.41 Å². The number of ether oxygens (including phenoxy) is 1. The molecule has 0 spiro atoms. The molecule has 0 aliphatic heterocycles. The molecule has 0 atom stereocenters. The summed E-state index contributed by atoms with van der Waals surface area (Å²) in [6, 6.07) is 7.87. The number of amidine groups is 1. The smallest absolute Gasteiger partial charge is 0.151 e. The van der Waals surface area contributed by atoms with Crippen molar-refractivity contribution in [3.8, 4) is 5.75 Å². The highest BCUT2D eigenvalue weighted by molar-refractivity contribution is 8.13. The van der Waals surface area contributed by atoms with Gasteiger partial charge in [0.2, 0.25) is 0 Å². The molecule has 1 aromatic rings. The van der Waals surface area contributed by atoms with E-state index in [-0.39, 0.29) is 23.7 Å². The number of nitrogens with two attached hydrogens (primary N) is 1. The molecule has 0 saturated heterocycles. The van der Waals surface area contributed by atoms with Gasteiger partial charge in [0.15, 0.2) is 5.17 Å². The van der Waals surface area contributed by atoms with Crippen LogP contribution in [-0.2, 0) is 5.75 Å². The molecule has 0 bridgehead atoms. The third kappa shape index (κ3) is 5.88. The predicted molar refractivity (Wildman–Crippen MR) is 65.4 cm³/mol. The largest absolute Gasteiger partial charge is 1.00 e. The van der Waals surface area contributed by atoms with Crippen LogP contribution in [0.3, 0.4) is 0 Å². The fourth-order valence-electron chi connectivity index (χ4n) is 1.10. The van der Waals surface area contributed by atoms with Gasteiger partial charge in [0.05, 0.1) is 6.10 Å². The van der Waals surface area contributed by atoms with Crippen LogP contribution in [0, 0.1) is 5.41 Å². The lowest BCUT2D eigenvalue weighted by molar-refractivity contribution is -0.00000474. The highest BCUT2D eigenvalue weighted by Gasteiger charge is 1.99. The molecule has 0 fully saturated rings. The van der Waals surface area contributed by atoms with Gasteiger partial charge >= 0.3 is 0 Å². The SMILES string of the molecule is CC(C)Oc1ccc(CSC(=N)N)cc1.[Cl-]. The molecule has 0 heterocycles. The van der Waals surface area contributed by atoms with E-state index in [9.17, 15) is 0 Å². The molecule has 16 heavy (non-hydrogen) atoms. The molecule has 1 rings (SSSR count). The van der Waals surface area contributed by atoms with Gasteiger partial charge in [-0.2, -0.15) is 0 Å². The maximum atomic E-state index is 7.09. The second-order valence-corrected chi connectivity index (χ2v) is 4.48. The van der Waals surface area contributed by atoms with E-state index < -0.39 is 0 Å². The number of thioether (sulfide) groups is 1. The Bertz CT molecular complexity index is 327. The average Bonchev–Trinajstić information content (AvgIpc) is 2.16. The highest BCUT2D eigenvalue weighted by atomic mass is 35.5. The van der Waals surface area contributed by atoms with Crippen LogP contribution in [0.15, 0.2) is 24.3 Å². The van der Waals surface area contributed by atoms with Crippen molar-refractivity contribution >= 4 is 16.9 Å². The van der Waals surface area contributed by atoms with E-state index in [1.807, 2.05) is 38.1 Å². The third-order valence-electron chi connectivity index (χ3n) is 1.69. The van der Waals surface area contributed by atoms with Gasteiger partial charge in [-0.25, -0.2) is 0 Å². The van der Waals surface area contributed by atoms with E-state index in [1.54, 1.807) is 0 Å². The number of halogens is 1. The van der Waals surface area contributed by atoms with E-state index in [4.69, 9.17) is 15.9 Å². The number of rotatable bonds is 4. The standard InChI is InChI=1S/C11H16N2OS.ClH/c1-8(2)14-10-5-3-9(4-6-10)7-15-11(12)13;/h3-6,8H,7H2,1-2H3,(H3,12,13);1H/p-1. The monoisotopic (exact) mass is 259 g/mol. The lowest BCUT2D eigenvalue weighted by atomic mass is 10.2. The summed E-state index contributed by atoms with van der Waals surface area (Å²) in [5.74, 6) is 1.61. The summed E-state index contributed by atoms with van der Waals surface area (Å²) < 4.78 is 5.52. The van der Waals surface area contributed by atoms with Crippen molar-refractivity contribution in [3.63, 3.8) is 0 Å². The summed E-state index contributed by atoms with van der Waals surface area (Å²) in [5, 5.41) is 7.24. The van der Waals surface area contributed by atoms with E-state index in [0.29, 0.717) is 0 Å². The van der Waals surface area contributed by atoms with Crippen molar-refractivity contribution < 1.29 is 17.1 Å². The van der Waals surface area contributed by atoms with Gasteiger partial charge in [0, 0.05) is 5.75 Å². The van der Waals surface area contributed by atoms with Crippen LogP contribution in [0.5, 0.6) is 5.75 Å². The summed E-state index contributed by atoms with van der Waals surface area (Å²) in [6.45, 7) is 4.00. The summed E-state index contributed by atoms with van der Waals surface area (Å²) in [4.78, 5) is 0. The zero-order valence-electron chi connectivity index (χ0n) is 9.37. The Balaban J connectivity index is 0.00000225. The quantitative estimate of drug-likeness (QED) is 0.572. The van der Waals surface area contributed by atoms with E-state index in [2.05, 4.69) is 0 Å². The molecular weight excluding hydrogens is 244 g/mol. The Morgan fingerprint density at radius 1 is 1.38 bits per heavy atom. The van der Waals surface area contributed by atoms with Crippen LogP contribution >= 0.6 is 11.8 Å². The Hall–Kier alpha value is -0.870. The minimum Gasteiger partial charge on any atom is -1.00 e. The number of hydrogen-bond acceptors (Lipinski definition) is 3. The molecule has 3 N–H and O–H groups in total. The molecule has 0 aromatic heterocycles. The Morgan fingerprint density at radius 3 is 2.38 bits per heavy atom. The van der Waals surface area contributed by atoms with Crippen LogP contribution < -0.4 is 22.9 Å². The Kier molecular flexibility index (Phi) is 7.01. The van der Waals surface area contributed by atoms with Crippen LogP contribution in [0.25, 0.3) is 0 Å². The second-order valence-electron chi connectivity index (χ2n) is 3.46. The van der Waals surface area contributed by atoms with Crippen LogP contribution in [0.4, 0.5) is 0 Å². The van der Waals surface area contributed by atoms with Gasteiger partial charge in [-0.15, -0.1) is 0 Å². The molecule has 0 saturated carbocycles. The summed E-state index contributed by atoms with van der Waals surface area (Å²) in [7, 11) is 0. The maximum Gasteiger partial charge on any atom is 0.151 e. The zero-order chi connectivity index (χ0) is 11.3. The van der Waals surface area contributed by atoms with Crippen LogP contribution in [0.1, 0.15) is 19.4 Å². The molecule has 90 valence electrons. The first-order chi connectivity index (χ1) is 7.08. The van der Waals surface area contributed by atoms with Gasteiger partial charge in [-0.1, -0.05) is 23.9 Å². The minimum atomic E-state index is 0. The second kappa shape index (κ2) is 7.41. The van der Waals surface area contributed by atoms with Gasteiger partial charge in [0.25, 0.3) is 0 Å². The van der Waals surface area contributed by atoms with Gasteiger partial charge in [0.1, 0.15) is 5.75 Å². The highest BCUT2D eigenvalue weighted by Crippen LogP contribution is 2.17. The molecule has 0 unspecified atom stereocenters. The maximum absolute atomic E-state index is 7.09. The van der Waals surface area contributed by atoms with Crippen molar-refractivity contribution in [1.82, 2.24) is 0 Å². The first-order valence-corrected chi connectivity index (χ1v) is 5.79. The van der Waals surface area contributed by atoms with Crippen molar-refractivity contribution in [1.29, 1.82) is 5.41 Å². The lowest BCUT2D eigenvalue weighted by Crippen LogP contribution is -3.00. The first-order valence-electron chi connectivity index (χ1n) is 4.80. The van der Waals surface area contributed by atoms with E-state index >= 15 is 0 Å². The topological polar surface area (TPSA) is 59.1 Å². The molecule has 0 radical (unpaired) electrons. The Morgan fingerprint density at radius 2 is 1.94 bits per heavy atom. The van der Waals surface area contributed by atoms with E-state index in [0.717, 1.165) is 17.1 Å². The fraction of sp³-hybridized carbons (Fsp3) is 0.364. The van der Waals surface area contributed by atoms with Crippen LogP contribution in [0.2, 0.25) is 0 Å². The van der Waals surface area contributed by atoms with Gasteiger partial charge in [-0.05, 0) is 31.5 Å². The molecule has 1 aromatic carbocycles. The van der Waals surface area contributed by atoms with Crippen molar-refractivity contribution in [2.75, 3.05) is 0 Å². The van der Waals surface area contributed by atoms with Gasteiger partial charge < -0.3 is 22.9 Å². The summed E-state index contributed by atoms with van der Waals surface area (Å²) >= 11 is 1.32. The Labute approximate surface area is 107 Å². The molecule has 0 amide bonds. The summed E-state index contributed by atoms with van der Waals surface area (Å²) in [5.41, 5.74) is 6.40.